The zero-order valence-corrected chi connectivity index (χ0v) is 12.7. The molecule has 0 amide bonds. The summed E-state index contributed by atoms with van der Waals surface area (Å²) in [5, 5.41) is 13.0. The van der Waals surface area contributed by atoms with Crippen LogP contribution in [0.5, 0.6) is 5.75 Å². The van der Waals surface area contributed by atoms with Crippen LogP contribution in [0.2, 0.25) is 0 Å². The lowest BCUT2D eigenvalue weighted by atomic mass is 10.1. The molecule has 0 saturated heterocycles. The first-order valence-corrected chi connectivity index (χ1v) is 7.45. The molecule has 4 aromatic rings. The standard InChI is InChI=1S/C20H17NO/c1-13-11-14(2)20(22)19(12-13)21-17-9-5-3-7-15(17)16-8-4-6-10-18(16)21/h3-12,22H,1-2H3. The highest BCUT2D eigenvalue weighted by Gasteiger charge is 2.15. The van der Waals surface area contributed by atoms with Crippen LogP contribution in [0.15, 0.2) is 60.7 Å². The molecule has 0 fully saturated rings. The van der Waals surface area contributed by atoms with Crippen molar-refractivity contribution in [3.8, 4) is 11.4 Å². The number of phenols is 1. The summed E-state index contributed by atoms with van der Waals surface area (Å²) >= 11 is 0. The fourth-order valence-electron chi connectivity index (χ4n) is 3.29. The molecule has 0 aliphatic heterocycles. The summed E-state index contributed by atoms with van der Waals surface area (Å²) in [6, 6.07) is 20.7. The molecule has 0 saturated carbocycles. The Balaban J connectivity index is 2.23. The Labute approximate surface area is 129 Å². The predicted molar refractivity (Wildman–Crippen MR) is 91.9 cm³/mol. The molecule has 0 radical (unpaired) electrons. The molecule has 0 aliphatic carbocycles. The number of phenolic OH excluding ortho intramolecular Hbond substituents is 1. The van der Waals surface area contributed by atoms with Crippen molar-refractivity contribution in [1.82, 2.24) is 4.57 Å². The number of nitrogens with zero attached hydrogens (tertiary/aromatic N) is 1. The second kappa shape index (κ2) is 4.63. The topological polar surface area (TPSA) is 25.2 Å². The fraction of sp³-hybridized carbons (Fsp3) is 0.100. The average Bonchev–Trinajstić information content (AvgIpc) is 2.85. The van der Waals surface area contributed by atoms with Gasteiger partial charge in [0, 0.05) is 10.8 Å². The Hall–Kier alpha value is -2.74. The number of benzene rings is 3. The van der Waals surface area contributed by atoms with Gasteiger partial charge in [-0.25, -0.2) is 0 Å². The Morgan fingerprint density at radius 2 is 1.32 bits per heavy atom. The van der Waals surface area contributed by atoms with E-state index < -0.39 is 0 Å². The minimum atomic E-state index is 0.345. The quantitative estimate of drug-likeness (QED) is 0.517. The number of hydrogen-bond donors (Lipinski definition) is 1. The summed E-state index contributed by atoms with van der Waals surface area (Å²) in [6.07, 6.45) is 0. The van der Waals surface area contributed by atoms with E-state index in [0.717, 1.165) is 27.8 Å². The maximum Gasteiger partial charge on any atom is 0.142 e. The first-order valence-electron chi connectivity index (χ1n) is 7.45. The smallest absolute Gasteiger partial charge is 0.142 e. The molecular weight excluding hydrogens is 270 g/mol. The molecule has 1 aromatic heterocycles. The van der Waals surface area contributed by atoms with E-state index in [4.69, 9.17) is 0 Å². The number of hydrogen-bond acceptors (Lipinski definition) is 1. The van der Waals surface area contributed by atoms with Crippen LogP contribution in [0.4, 0.5) is 0 Å². The molecule has 2 nitrogen and oxygen atoms in total. The molecule has 3 aromatic carbocycles. The van der Waals surface area contributed by atoms with Gasteiger partial charge in [-0.3, -0.25) is 0 Å². The van der Waals surface area contributed by atoms with E-state index in [1.807, 2.05) is 31.2 Å². The van der Waals surface area contributed by atoms with E-state index >= 15 is 0 Å². The van der Waals surface area contributed by atoms with Gasteiger partial charge in [-0.15, -0.1) is 0 Å². The third-order valence-corrected chi connectivity index (χ3v) is 4.25. The van der Waals surface area contributed by atoms with Gasteiger partial charge in [0.2, 0.25) is 0 Å². The van der Waals surface area contributed by atoms with Crippen molar-refractivity contribution in [2.75, 3.05) is 0 Å². The minimum Gasteiger partial charge on any atom is -0.505 e. The number of fused-ring (bicyclic) bond motifs is 3. The van der Waals surface area contributed by atoms with Gasteiger partial charge in [0.15, 0.2) is 0 Å². The predicted octanol–water partition coefficient (Wildman–Crippen LogP) is 5.11. The lowest BCUT2D eigenvalue weighted by Gasteiger charge is -2.13. The molecule has 0 aliphatic rings. The van der Waals surface area contributed by atoms with Gasteiger partial charge in [0.25, 0.3) is 0 Å². The summed E-state index contributed by atoms with van der Waals surface area (Å²) in [6.45, 7) is 4.00. The molecule has 0 unspecified atom stereocenters. The van der Waals surface area contributed by atoms with Crippen LogP contribution in [0.3, 0.4) is 0 Å². The molecule has 0 bridgehead atoms. The number of aromatic nitrogens is 1. The summed E-state index contributed by atoms with van der Waals surface area (Å²) in [4.78, 5) is 0. The van der Waals surface area contributed by atoms with Crippen LogP contribution in [-0.2, 0) is 0 Å². The number of aromatic hydroxyl groups is 1. The van der Waals surface area contributed by atoms with Gasteiger partial charge >= 0.3 is 0 Å². The van der Waals surface area contributed by atoms with Crippen LogP contribution in [0, 0.1) is 13.8 Å². The Kier molecular flexibility index (Phi) is 2.73. The SMILES string of the molecule is Cc1cc(C)c(O)c(-n2c3ccccc3c3ccccc32)c1. The van der Waals surface area contributed by atoms with E-state index in [9.17, 15) is 5.11 Å². The third-order valence-electron chi connectivity index (χ3n) is 4.25. The van der Waals surface area contributed by atoms with Crippen molar-refractivity contribution < 1.29 is 5.11 Å². The molecule has 0 spiro atoms. The minimum absolute atomic E-state index is 0.345. The Morgan fingerprint density at radius 3 is 1.91 bits per heavy atom. The lowest BCUT2D eigenvalue weighted by Crippen LogP contribution is -1.96. The van der Waals surface area contributed by atoms with Crippen molar-refractivity contribution in [1.29, 1.82) is 0 Å². The van der Waals surface area contributed by atoms with E-state index in [-0.39, 0.29) is 0 Å². The van der Waals surface area contributed by atoms with E-state index in [0.29, 0.717) is 5.75 Å². The lowest BCUT2D eigenvalue weighted by molar-refractivity contribution is 0.469. The van der Waals surface area contributed by atoms with Crippen LogP contribution in [0.25, 0.3) is 27.5 Å². The van der Waals surface area contributed by atoms with Gasteiger partial charge < -0.3 is 9.67 Å². The van der Waals surface area contributed by atoms with E-state index in [1.54, 1.807) is 0 Å². The molecule has 1 heterocycles. The largest absolute Gasteiger partial charge is 0.505 e. The molecule has 0 atom stereocenters. The van der Waals surface area contributed by atoms with Crippen molar-refractivity contribution in [2.45, 2.75) is 13.8 Å². The highest BCUT2D eigenvalue weighted by atomic mass is 16.3. The maximum absolute atomic E-state index is 10.6. The van der Waals surface area contributed by atoms with Crippen molar-refractivity contribution in [3.05, 3.63) is 71.8 Å². The van der Waals surface area contributed by atoms with E-state index in [1.165, 1.54) is 10.8 Å². The zero-order valence-electron chi connectivity index (χ0n) is 12.7. The normalized spacial score (nSPS) is 11.4. The zero-order chi connectivity index (χ0) is 15.3. The number of aryl methyl sites for hydroxylation is 2. The monoisotopic (exact) mass is 287 g/mol. The summed E-state index contributed by atoms with van der Waals surface area (Å²) < 4.78 is 2.15. The van der Waals surface area contributed by atoms with Crippen molar-refractivity contribution in [2.24, 2.45) is 0 Å². The molecular formula is C20H17NO. The summed E-state index contributed by atoms with van der Waals surface area (Å²) in [5.41, 5.74) is 5.12. The van der Waals surface area contributed by atoms with Gasteiger partial charge in [-0.2, -0.15) is 0 Å². The second-order valence-electron chi connectivity index (χ2n) is 5.82. The average molecular weight is 287 g/mol. The molecule has 1 N–H and O–H groups in total. The van der Waals surface area contributed by atoms with Gasteiger partial charge in [0.1, 0.15) is 5.75 Å². The molecule has 22 heavy (non-hydrogen) atoms. The van der Waals surface area contributed by atoms with Crippen LogP contribution in [-0.4, -0.2) is 9.67 Å². The second-order valence-corrected chi connectivity index (χ2v) is 5.82. The van der Waals surface area contributed by atoms with Gasteiger partial charge in [-0.05, 0) is 43.2 Å². The molecule has 108 valence electrons. The van der Waals surface area contributed by atoms with E-state index in [2.05, 4.69) is 47.9 Å². The van der Waals surface area contributed by atoms with Crippen LogP contribution < -0.4 is 0 Å². The number of para-hydroxylation sites is 2. The first kappa shape index (κ1) is 13.0. The highest BCUT2D eigenvalue weighted by molar-refractivity contribution is 6.09. The van der Waals surface area contributed by atoms with Crippen LogP contribution in [0.1, 0.15) is 11.1 Å². The molecule has 4 rings (SSSR count). The van der Waals surface area contributed by atoms with Crippen LogP contribution >= 0.6 is 0 Å². The fourth-order valence-corrected chi connectivity index (χ4v) is 3.29. The Bertz CT molecular complexity index is 958. The molecule has 2 heteroatoms. The van der Waals surface area contributed by atoms with Crippen molar-refractivity contribution >= 4 is 21.8 Å². The van der Waals surface area contributed by atoms with Crippen molar-refractivity contribution in [3.63, 3.8) is 0 Å². The summed E-state index contributed by atoms with van der Waals surface area (Å²) in [7, 11) is 0. The third kappa shape index (κ3) is 1.74. The number of rotatable bonds is 1. The van der Waals surface area contributed by atoms with Gasteiger partial charge in [-0.1, -0.05) is 42.5 Å². The highest BCUT2D eigenvalue weighted by Crippen LogP contribution is 2.36. The Morgan fingerprint density at radius 1 is 0.773 bits per heavy atom. The first-order chi connectivity index (χ1) is 10.7. The van der Waals surface area contributed by atoms with Gasteiger partial charge in [0.05, 0.1) is 16.7 Å². The summed E-state index contributed by atoms with van der Waals surface area (Å²) in [5.74, 6) is 0.345. The maximum atomic E-state index is 10.6.